The largest absolute Gasteiger partial charge is 0.266 e. The molecule has 0 saturated heterocycles. The minimum Gasteiger partial charge on any atom is -0.249 e. The second kappa shape index (κ2) is 3.79. The smallest absolute Gasteiger partial charge is 0.249 e. The lowest BCUT2D eigenvalue weighted by Gasteiger charge is -2.06. The first-order valence-electron chi connectivity index (χ1n) is 3.12. The van der Waals surface area contributed by atoms with Gasteiger partial charge in [0.2, 0.25) is 0 Å². The quantitative estimate of drug-likeness (QED) is 0.718. The van der Waals surface area contributed by atoms with E-state index in [1.807, 2.05) is 0 Å². The molecule has 0 atom stereocenters. The molecule has 1 rings (SSSR count). The summed E-state index contributed by atoms with van der Waals surface area (Å²) < 4.78 is 25.5. The lowest BCUT2D eigenvalue weighted by molar-refractivity contribution is 0.150. The normalized spacial score (nSPS) is 10.8. The van der Waals surface area contributed by atoms with Gasteiger partial charge >= 0.3 is 0 Å². The average molecular weight is 301 g/mol. The van der Waals surface area contributed by atoms with Crippen molar-refractivity contribution in [1.82, 2.24) is 4.98 Å². The molecule has 0 aliphatic heterocycles. The van der Waals surface area contributed by atoms with Gasteiger partial charge in [-0.05, 0) is 44.3 Å². The maximum Gasteiger partial charge on any atom is 0.266 e. The Morgan fingerprint density at radius 1 is 1.42 bits per heavy atom. The van der Waals surface area contributed by atoms with Crippen molar-refractivity contribution < 1.29 is 8.78 Å². The van der Waals surface area contributed by atoms with Crippen molar-refractivity contribution in [2.45, 2.75) is 13.3 Å². The molecule has 0 aliphatic rings. The Kier molecular flexibility index (Phi) is 3.17. The third-order valence-corrected chi connectivity index (χ3v) is 3.30. The molecule has 1 aromatic rings. The Morgan fingerprint density at radius 2 is 2.00 bits per heavy atom. The minimum atomic E-state index is -2.49. The Bertz CT molecular complexity index is 302. The Labute approximate surface area is 85.4 Å². The van der Waals surface area contributed by atoms with Gasteiger partial charge in [0.1, 0.15) is 4.60 Å². The van der Waals surface area contributed by atoms with Gasteiger partial charge in [0.25, 0.3) is 6.43 Å². The highest BCUT2D eigenvalue weighted by Crippen LogP contribution is 2.31. The van der Waals surface area contributed by atoms with Crippen LogP contribution in [-0.2, 0) is 0 Å². The van der Waals surface area contributed by atoms with Crippen LogP contribution in [0.1, 0.15) is 17.6 Å². The summed E-state index contributed by atoms with van der Waals surface area (Å²) >= 11 is 6.22. The van der Waals surface area contributed by atoms with Gasteiger partial charge in [0.15, 0.2) is 0 Å². The summed E-state index contributed by atoms with van der Waals surface area (Å²) in [5.74, 6) is 0. The molecule has 0 unspecified atom stereocenters. The lowest BCUT2D eigenvalue weighted by Crippen LogP contribution is -1.92. The first kappa shape index (κ1) is 10.1. The fourth-order valence-electron chi connectivity index (χ4n) is 0.739. The molecule has 0 saturated carbocycles. The molecule has 12 heavy (non-hydrogen) atoms. The molecule has 0 amide bonds. The van der Waals surface area contributed by atoms with E-state index < -0.39 is 6.43 Å². The Hall–Kier alpha value is -0.0300. The van der Waals surface area contributed by atoms with E-state index in [-0.39, 0.29) is 5.56 Å². The van der Waals surface area contributed by atoms with Crippen LogP contribution in [0.25, 0.3) is 0 Å². The lowest BCUT2D eigenvalue weighted by atomic mass is 10.2. The molecule has 0 N–H and O–H groups in total. The highest BCUT2D eigenvalue weighted by molar-refractivity contribution is 9.11. The molecule has 1 aromatic heterocycles. The number of rotatable bonds is 1. The minimum absolute atomic E-state index is 0.0734. The summed E-state index contributed by atoms with van der Waals surface area (Å²) in [6, 6.07) is 0. The van der Waals surface area contributed by atoms with Gasteiger partial charge in [-0.2, -0.15) is 0 Å². The number of hydrogen-bond acceptors (Lipinski definition) is 1. The third-order valence-electron chi connectivity index (χ3n) is 1.44. The van der Waals surface area contributed by atoms with E-state index >= 15 is 0 Å². The molecule has 0 aromatic carbocycles. The third kappa shape index (κ3) is 1.82. The molecule has 0 spiro atoms. The molecular formula is C7H5Br2F2N. The highest BCUT2D eigenvalue weighted by atomic mass is 79.9. The van der Waals surface area contributed by atoms with Gasteiger partial charge in [-0.1, -0.05) is 0 Å². The van der Waals surface area contributed by atoms with Crippen molar-refractivity contribution in [2.24, 2.45) is 0 Å². The predicted molar refractivity (Wildman–Crippen MR) is 49.3 cm³/mol. The van der Waals surface area contributed by atoms with E-state index in [1.165, 1.54) is 0 Å². The van der Waals surface area contributed by atoms with Crippen LogP contribution >= 0.6 is 31.9 Å². The van der Waals surface area contributed by atoms with Crippen LogP contribution in [0.15, 0.2) is 15.3 Å². The molecule has 0 aliphatic carbocycles. The maximum atomic E-state index is 12.3. The van der Waals surface area contributed by atoms with Crippen LogP contribution in [0, 0.1) is 6.92 Å². The molecule has 66 valence electrons. The van der Waals surface area contributed by atoms with Crippen molar-refractivity contribution in [3.05, 3.63) is 26.4 Å². The van der Waals surface area contributed by atoms with Crippen LogP contribution in [0.2, 0.25) is 0 Å². The fourth-order valence-corrected chi connectivity index (χ4v) is 1.77. The van der Waals surface area contributed by atoms with E-state index in [0.29, 0.717) is 14.6 Å². The molecule has 1 nitrogen and oxygen atoms in total. The number of halogens is 4. The van der Waals surface area contributed by atoms with Gasteiger partial charge in [0, 0.05) is 10.7 Å². The van der Waals surface area contributed by atoms with Crippen molar-refractivity contribution in [3.63, 3.8) is 0 Å². The van der Waals surface area contributed by atoms with Crippen LogP contribution in [0.4, 0.5) is 8.78 Å². The van der Waals surface area contributed by atoms with Gasteiger partial charge in [-0.25, -0.2) is 13.8 Å². The first-order chi connectivity index (χ1) is 5.54. The summed E-state index contributed by atoms with van der Waals surface area (Å²) in [5, 5.41) is 0. The molecule has 0 bridgehead atoms. The van der Waals surface area contributed by atoms with E-state index in [2.05, 4.69) is 36.8 Å². The summed E-state index contributed by atoms with van der Waals surface area (Å²) in [6.07, 6.45) is -1.33. The summed E-state index contributed by atoms with van der Waals surface area (Å²) in [5.41, 5.74) is 0.614. The van der Waals surface area contributed by atoms with Crippen LogP contribution in [0.5, 0.6) is 0 Å². The standard InChI is InChI=1S/C7H5Br2F2N/c1-3-5(8)4(7(10)11)2-12-6(3)9/h2,7H,1H3. The number of pyridine rings is 1. The van der Waals surface area contributed by atoms with Crippen molar-refractivity contribution >= 4 is 31.9 Å². The second-order valence-electron chi connectivity index (χ2n) is 2.24. The second-order valence-corrected chi connectivity index (χ2v) is 3.79. The molecule has 0 fully saturated rings. The topological polar surface area (TPSA) is 12.9 Å². The van der Waals surface area contributed by atoms with Crippen molar-refractivity contribution in [2.75, 3.05) is 0 Å². The van der Waals surface area contributed by atoms with E-state index in [4.69, 9.17) is 0 Å². The number of hydrogen-bond donors (Lipinski definition) is 0. The zero-order chi connectivity index (χ0) is 9.30. The van der Waals surface area contributed by atoms with Crippen LogP contribution in [-0.4, -0.2) is 4.98 Å². The molecule has 5 heteroatoms. The highest BCUT2D eigenvalue weighted by Gasteiger charge is 2.14. The number of aromatic nitrogens is 1. The Morgan fingerprint density at radius 3 is 2.50 bits per heavy atom. The van der Waals surface area contributed by atoms with E-state index in [0.717, 1.165) is 6.20 Å². The molecule has 0 radical (unpaired) electrons. The monoisotopic (exact) mass is 299 g/mol. The van der Waals surface area contributed by atoms with Crippen molar-refractivity contribution in [3.8, 4) is 0 Å². The Balaban J connectivity index is 3.27. The van der Waals surface area contributed by atoms with Gasteiger partial charge in [-0.15, -0.1) is 0 Å². The zero-order valence-electron chi connectivity index (χ0n) is 6.11. The van der Waals surface area contributed by atoms with Crippen LogP contribution in [0.3, 0.4) is 0 Å². The maximum absolute atomic E-state index is 12.3. The predicted octanol–water partition coefficient (Wildman–Crippen LogP) is 3.85. The van der Waals surface area contributed by atoms with Gasteiger partial charge < -0.3 is 0 Å². The zero-order valence-corrected chi connectivity index (χ0v) is 9.29. The summed E-state index contributed by atoms with van der Waals surface area (Å²) in [6.45, 7) is 1.72. The van der Waals surface area contributed by atoms with E-state index in [9.17, 15) is 8.78 Å². The summed E-state index contributed by atoms with van der Waals surface area (Å²) in [4.78, 5) is 3.77. The molecule has 1 heterocycles. The molecular weight excluding hydrogens is 296 g/mol. The van der Waals surface area contributed by atoms with E-state index in [1.54, 1.807) is 6.92 Å². The average Bonchev–Trinajstić information content (AvgIpc) is 2.00. The van der Waals surface area contributed by atoms with Gasteiger partial charge in [-0.3, -0.25) is 0 Å². The van der Waals surface area contributed by atoms with Crippen molar-refractivity contribution in [1.29, 1.82) is 0 Å². The SMILES string of the molecule is Cc1c(Br)ncc(C(F)F)c1Br. The van der Waals surface area contributed by atoms with Gasteiger partial charge in [0.05, 0.1) is 5.56 Å². The first-order valence-corrected chi connectivity index (χ1v) is 4.71. The summed E-state index contributed by atoms with van der Waals surface area (Å²) in [7, 11) is 0. The number of alkyl halides is 2. The fraction of sp³-hybridized carbons (Fsp3) is 0.286. The number of nitrogens with zero attached hydrogens (tertiary/aromatic N) is 1. The van der Waals surface area contributed by atoms with Crippen LogP contribution < -0.4 is 0 Å².